The van der Waals surface area contributed by atoms with E-state index >= 15 is 0 Å². The second-order valence-corrected chi connectivity index (χ2v) is 7.68. The van der Waals surface area contributed by atoms with Gasteiger partial charge in [0.25, 0.3) is 11.8 Å². The van der Waals surface area contributed by atoms with Crippen molar-refractivity contribution in [3.8, 4) is 0 Å². The SMILES string of the molecule is CNc1ccc2c3c(cccc13)C(=O)N(C1CCN3CCCC1C3)C2=O. The number of nitrogens with zero attached hydrogens (tertiary/aromatic N) is 2. The van der Waals surface area contributed by atoms with Crippen molar-refractivity contribution in [3.63, 3.8) is 0 Å². The highest BCUT2D eigenvalue weighted by molar-refractivity contribution is 6.26. The predicted molar refractivity (Wildman–Crippen MR) is 102 cm³/mol. The zero-order chi connectivity index (χ0) is 17.8. The fourth-order valence-corrected chi connectivity index (χ4v) is 5.13. The number of carbonyl (C=O) groups is 2. The molecule has 3 heterocycles. The molecule has 3 aliphatic heterocycles. The Morgan fingerprint density at radius 1 is 1.00 bits per heavy atom. The summed E-state index contributed by atoms with van der Waals surface area (Å²) >= 11 is 0. The molecule has 2 aromatic carbocycles. The molecule has 2 aromatic rings. The van der Waals surface area contributed by atoms with Crippen LogP contribution < -0.4 is 5.32 Å². The maximum atomic E-state index is 13.3. The lowest BCUT2D eigenvalue weighted by Gasteiger charge is -2.47. The Bertz CT molecular complexity index is 901. The van der Waals surface area contributed by atoms with Gasteiger partial charge in [0.1, 0.15) is 0 Å². The first kappa shape index (κ1) is 15.8. The van der Waals surface area contributed by atoms with Crippen LogP contribution in [0.1, 0.15) is 40.0 Å². The van der Waals surface area contributed by atoms with Crippen molar-refractivity contribution in [1.29, 1.82) is 0 Å². The third kappa shape index (κ3) is 2.13. The zero-order valence-corrected chi connectivity index (χ0v) is 15.0. The van der Waals surface area contributed by atoms with Crippen LogP contribution in [-0.4, -0.2) is 54.3 Å². The van der Waals surface area contributed by atoms with Crippen molar-refractivity contribution < 1.29 is 9.59 Å². The first-order valence-electron chi connectivity index (χ1n) is 9.53. The number of carbonyl (C=O) groups excluding carboxylic acids is 2. The quantitative estimate of drug-likeness (QED) is 0.847. The van der Waals surface area contributed by atoms with Crippen molar-refractivity contribution in [2.45, 2.75) is 25.3 Å². The summed E-state index contributed by atoms with van der Waals surface area (Å²) in [4.78, 5) is 30.7. The van der Waals surface area contributed by atoms with Gasteiger partial charge in [-0.05, 0) is 49.9 Å². The number of imide groups is 1. The van der Waals surface area contributed by atoms with Crippen LogP contribution in [0.25, 0.3) is 10.8 Å². The fraction of sp³-hybridized carbons (Fsp3) is 0.429. The molecule has 3 atom stereocenters. The average molecular weight is 349 g/mol. The summed E-state index contributed by atoms with van der Waals surface area (Å²) < 4.78 is 0. The molecule has 0 aliphatic carbocycles. The highest BCUT2D eigenvalue weighted by Gasteiger charge is 2.43. The van der Waals surface area contributed by atoms with E-state index in [0.29, 0.717) is 17.0 Å². The predicted octanol–water partition coefficient (Wildman–Crippen LogP) is 2.96. The van der Waals surface area contributed by atoms with Gasteiger partial charge >= 0.3 is 0 Å². The van der Waals surface area contributed by atoms with E-state index in [9.17, 15) is 9.59 Å². The van der Waals surface area contributed by atoms with E-state index in [1.165, 1.54) is 0 Å². The summed E-state index contributed by atoms with van der Waals surface area (Å²) in [6.07, 6.45) is 3.16. The van der Waals surface area contributed by atoms with Gasteiger partial charge in [0.15, 0.2) is 0 Å². The summed E-state index contributed by atoms with van der Waals surface area (Å²) in [7, 11) is 1.86. The minimum Gasteiger partial charge on any atom is -0.388 e. The van der Waals surface area contributed by atoms with Gasteiger partial charge in [0.05, 0.1) is 0 Å². The van der Waals surface area contributed by atoms with Crippen LogP contribution in [0.15, 0.2) is 30.3 Å². The highest BCUT2D eigenvalue weighted by atomic mass is 16.2. The summed E-state index contributed by atoms with van der Waals surface area (Å²) in [5.74, 6) is 0.165. The summed E-state index contributed by atoms with van der Waals surface area (Å²) in [5, 5.41) is 4.90. The Morgan fingerprint density at radius 3 is 2.62 bits per heavy atom. The number of hydrogen-bond donors (Lipinski definition) is 1. The van der Waals surface area contributed by atoms with Gasteiger partial charge in [-0.1, -0.05) is 12.1 Å². The van der Waals surface area contributed by atoms with E-state index in [-0.39, 0.29) is 17.9 Å². The summed E-state index contributed by atoms with van der Waals surface area (Å²) in [6, 6.07) is 9.59. The van der Waals surface area contributed by atoms with Gasteiger partial charge in [-0.25, -0.2) is 0 Å². The number of piperidine rings is 2. The highest BCUT2D eigenvalue weighted by Crippen LogP contribution is 2.38. The molecular weight excluding hydrogens is 326 g/mol. The maximum Gasteiger partial charge on any atom is 0.261 e. The Kier molecular flexibility index (Phi) is 3.54. The monoisotopic (exact) mass is 349 g/mol. The summed E-state index contributed by atoms with van der Waals surface area (Å²) in [6.45, 7) is 3.14. The van der Waals surface area contributed by atoms with E-state index in [1.54, 1.807) is 4.90 Å². The van der Waals surface area contributed by atoms with Gasteiger partial charge < -0.3 is 10.2 Å². The van der Waals surface area contributed by atoms with Crippen LogP contribution in [0.5, 0.6) is 0 Å². The molecule has 2 bridgehead atoms. The third-order valence-electron chi connectivity index (χ3n) is 6.37. The van der Waals surface area contributed by atoms with Crippen LogP contribution in [0.4, 0.5) is 5.69 Å². The van der Waals surface area contributed by atoms with Crippen LogP contribution >= 0.6 is 0 Å². The smallest absolute Gasteiger partial charge is 0.261 e. The van der Waals surface area contributed by atoms with Crippen molar-refractivity contribution >= 4 is 28.3 Å². The molecule has 0 spiro atoms. The van der Waals surface area contributed by atoms with Gasteiger partial charge in [0.2, 0.25) is 0 Å². The topological polar surface area (TPSA) is 52.7 Å². The standard InChI is InChI=1S/C21H23N3O2/c1-22-17-8-7-16-19-14(17)5-2-6-15(19)20(25)24(21(16)26)18-9-11-23-10-3-4-13(18)12-23/h2,5-8,13,18,22H,3-4,9-12H2,1H3. The van der Waals surface area contributed by atoms with E-state index < -0.39 is 0 Å². The molecule has 134 valence electrons. The second-order valence-electron chi connectivity index (χ2n) is 7.68. The Hall–Kier alpha value is -2.40. The van der Waals surface area contributed by atoms with Crippen LogP contribution in [0, 0.1) is 5.92 Å². The van der Waals surface area contributed by atoms with E-state index in [2.05, 4.69) is 10.2 Å². The second kappa shape index (κ2) is 5.81. The number of fused-ring (bicyclic) bond motifs is 2. The largest absolute Gasteiger partial charge is 0.388 e. The molecule has 0 radical (unpaired) electrons. The normalized spacial score (nSPS) is 27.7. The van der Waals surface area contributed by atoms with Crippen LogP contribution in [-0.2, 0) is 0 Å². The molecule has 3 unspecified atom stereocenters. The lowest BCUT2D eigenvalue weighted by Crippen LogP contribution is -2.57. The number of rotatable bonds is 2. The van der Waals surface area contributed by atoms with Gasteiger partial charge in [0, 0.05) is 53.8 Å². The van der Waals surface area contributed by atoms with Gasteiger partial charge in [-0.2, -0.15) is 0 Å². The molecular formula is C21H23N3O2. The Balaban J connectivity index is 1.63. The van der Waals surface area contributed by atoms with E-state index in [0.717, 1.165) is 55.4 Å². The van der Waals surface area contributed by atoms with Crippen molar-refractivity contribution in [2.75, 3.05) is 32.0 Å². The van der Waals surface area contributed by atoms with Crippen molar-refractivity contribution in [2.24, 2.45) is 5.92 Å². The zero-order valence-electron chi connectivity index (χ0n) is 15.0. The molecule has 1 N–H and O–H groups in total. The van der Waals surface area contributed by atoms with E-state index in [4.69, 9.17) is 0 Å². The number of nitrogens with one attached hydrogen (secondary N) is 1. The maximum absolute atomic E-state index is 13.3. The van der Waals surface area contributed by atoms with Crippen molar-refractivity contribution in [1.82, 2.24) is 9.80 Å². The average Bonchev–Trinajstić information content (AvgIpc) is 2.67. The Morgan fingerprint density at radius 2 is 1.81 bits per heavy atom. The van der Waals surface area contributed by atoms with E-state index in [1.807, 2.05) is 37.4 Å². The molecule has 3 aliphatic rings. The minimum atomic E-state index is -0.120. The lowest BCUT2D eigenvalue weighted by molar-refractivity contribution is 0.0211. The van der Waals surface area contributed by atoms with Gasteiger partial charge in [-0.3, -0.25) is 14.5 Å². The number of hydrogen-bond acceptors (Lipinski definition) is 4. The molecule has 5 heteroatoms. The molecule has 26 heavy (non-hydrogen) atoms. The lowest BCUT2D eigenvalue weighted by atomic mass is 9.82. The molecule has 2 fully saturated rings. The fourth-order valence-electron chi connectivity index (χ4n) is 5.13. The molecule has 0 aromatic heterocycles. The number of benzene rings is 2. The molecule has 2 amide bonds. The van der Waals surface area contributed by atoms with Crippen LogP contribution in [0.3, 0.4) is 0 Å². The number of amides is 2. The molecule has 2 saturated heterocycles. The summed E-state index contributed by atoms with van der Waals surface area (Å²) in [5.41, 5.74) is 2.26. The van der Waals surface area contributed by atoms with Crippen molar-refractivity contribution in [3.05, 3.63) is 41.5 Å². The first-order chi connectivity index (χ1) is 12.7. The minimum absolute atomic E-state index is 0.0268. The number of anilines is 1. The Labute approximate surface area is 153 Å². The van der Waals surface area contributed by atoms with Gasteiger partial charge in [-0.15, -0.1) is 0 Å². The molecule has 5 nitrogen and oxygen atoms in total. The third-order valence-corrected chi connectivity index (χ3v) is 6.37. The first-order valence-corrected chi connectivity index (χ1v) is 9.53. The van der Waals surface area contributed by atoms with Crippen LogP contribution in [0.2, 0.25) is 0 Å². The molecule has 0 saturated carbocycles. The molecule has 5 rings (SSSR count).